The second kappa shape index (κ2) is 5.05. The number of benzene rings is 1. The monoisotopic (exact) mass is 228 g/mol. The number of hydrogen-bond donors (Lipinski definition) is 1. The summed E-state index contributed by atoms with van der Waals surface area (Å²) >= 11 is 0. The molecule has 1 aromatic carbocycles. The maximum absolute atomic E-state index is 12.6. The van der Waals surface area contributed by atoms with Crippen LogP contribution in [0.1, 0.15) is 29.5 Å². The minimum Gasteiger partial charge on any atom is -0.481 e. The molecule has 4 heteroatoms. The Morgan fingerprint density at radius 3 is 2.44 bits per heavy atom. The Labute approximate surface area is 92.9 Å². The third-order valence-corrected chi connectivity index (χ3v) is 2.62. The van der Waals surface area contributed by atoms with Crippen LogP contribution in [0.5, 0.6) is 0 Å². The van der Waals surface area contributed by atoms with E-state index in [2.05, 4.69) is 0 Å². The molecule has 1 N–H and O–H groups in total. The summed E-state index contributed by atoms with van der Waals surface area (Å²) in [7, 11) is 0. The fraction of sp³-hybridized carbons (Fsp3) is 0.417. The molecule has 0 saturated heterocycles. The highest BCUT2D eigenvalue weighted by Crippen LogP contribution is 2.25. The predicted octanol–water partition coefficient (Wildman–Crippen LogP) is 2.99. The van der Waals surface area contributed by atoms with Gasteiger partial charge in [0.1, 0.15) is 5.92 Å². The largest absolute Gasteiger partial charge is 0.481 e. The Bertz CT molecular complexity index is 389. The molecule has 0 spiro atoms. The van der Waals surface area contributed by atoms with E-state index in [-0.39, 0.29) is 5.56 Å². The number of aliphatic carboxylic acids is 1. The molecule has 0 aliphatic carbocycles. The summed E-state index contributed by atoms with van der Waals surface area (Å²) in [5.74, 6) is -3.22. The number of aryl methyl sites for hydroxylation is 2. The highest BCUT2D eigenvalue weighted by atomic mass is 19.3. The lowest BCUT2D eigenvalue weighted by Gasteiger charge is -2.13. The average molecular weight is 228 g/mol. The molecule has 0 saturated carbocycles. The van der Waals surface area contributed by atoms with Crippen LogP contribution in [0, 0.1) is 6.92 Å². The van der Waals surface area contributed by atoms with Crippen molar-refractivity contribution >= 4 is 5.97 Å². The summed E-state index contributed by atoms with van der Waals surface area (Å²) in [6.07, 6.45) is -2.08. The first kappa shape index (κ1) is 12.6. The summed E-state index contributed by atoms with van der Waals surface area (Å²) in [5.41, 5.74) is 2.06. The summed E-state index contributed by atoms with van der Waals surface area (Å²) in [6, 6.07) is 4.71. The van der Waals surface area contributed by atoms with Gasteiger partial charge in [0.05, 0.1) is 0 Å². The van der Waals surface area contributed by atoms with Gasteiger partial charge in [0.25, 0.3) is 6.43 Å². The van der Waals surface area contributed by atoms with Crippen LogP contribution in [0.3, 0.4) is 0 Å². The Hall–Kier alpha value is -1.45. The van der Waals surface area contributed by atoms with Crippen LogP contribution in [0.4, 0.5) is 8.78 Å². The van der Waals surface area contributed by atoms with E-state index in [1.54, 1.807) is 13.0 Å². The molecule has 0 aliphatic rings. The van der Waals surface area contributed by atoms with Gasteiger partial charge in [-0.3, -0.25) is 4.79 Å². The van der Waals surface area contributed by atoms with Gasteiger partial charge in [0.15, 0.2) is 0 Å². The molecule has 0 bridgehead atoms. The number of rotatable bonds is 4. The molecule has 0 aliphatic heterocycles. The Kier molecular flexibility index (Phi) is 3.99. The minimum atomic E-state index is -2.88. The number of halogens is 2. The number of hydrogen-bond acceptors (Lipinski definition) is 1. The van der Waals surface area contributed by atoms with E-state index in [1.165, 1.54) is 12.1 Å². The number of carbonyl (C=O) groups is 1. The van der Waals surface area contributed by atoms with E-state index in [1.807, 2.05) is 6.92 Å². The molecule has 0 aromatic heterocycles. The molecule has 2 nitrogen and oxygen atoms in total. The molecule has 1 rings (SSSR count). The van der Waals surface area contributed by atoms with Crippen LogP contribution in [0.25, 0.3) is 0 Å². The van der Waals surface area contributed by atoms with Gasteiger partial charge >= 0.3 is 5.97 Å². The lowest BCUT2D eigenvalue weighted by atomic mass is 9.95. The number of carboxylic acid groups (broad SMARTS) is 1. The first-order valence-electron chi connectivity index (χ1n) is 5.07. The molecule has 88 valence electrons. The lowest BCUT2D eigenvalue weighted by molar-refractivity contribution is -0.142. The SMILES string of the molecule is CCc1ccc(C(C(=O)O)C(F)F)cc1C. The van der Waals surface area contributed by atoms with Crippen LogP contribution >= 0.6 is 0 Å². The molecule has 0 radical (unpaired) electrons. The van der Waals surface area contributed by atoms with Gasteiger partial charge in [0.2, 0.25) is 0 Å². The van der Waals surface area contributed by atoms with Crippen LogP contribution in [0.2, 0.25) is 0 Å². The van der Waals surface area contributed by atoms with Crippen LogP contribution in [-0.4, -0.2) is 17.5 Å². The normalized spacial score (nSPS) is 12.8. The van der Waals surface area contributed by atoms with Gasteiger partial charge in [0, 0.05) is 0 Å². The minimum absolute atomic E-state index is 0.164. The van der Waals surface area contributed by atoms with Gasteiger partial charge in [-0.05, 0) is 30.0 Å². The molecular weight excluding hydrogens is 214 g/mol. The molecule has 0 amide bonds. The maximum Gasteiger partial charge on any atom is 0.316 e. The molecule has 1 unspecified atom stereocenters. The second-order valence-electron chi connectivity index (χ2n) is 3.69. The van der Waals surface area contributed by atoms with Crippen molar-refractivity contribution in [1.29, 1.82) is 0 Å². The van der Waals surface area contributed by atoms with Gasteiger partial charge in [-0.1, -0.05) is 25.1 Å². The molecule has 1 aromatic rings. The molecule has 16 heavy (non-hydrogen) atoms. The predicted molar refractivity (Wildman–Crippen MR) is 56.9 cm³/mol. The Morgan fingerprint density at radius 1 is 1.44 bits per heavy atom. The molecule has 0 heterocycles. The highest BCUT2D eigenvalue weighted by Gasteiger charge is 2.29. The fourth-order valence-corrected chi connectivity index (χ4v) is 1.71. The van der Waals surface area contributed by atoms with Gasteiger partial charge < -0.3 is 5.11 Å². The Morgan fingerprint density at radius 2 is 2.06 bits per heavy atom. The zero-order valence-electron chi connectivity index (χ0n) is 9.21. The first-order valence-corrected chi connectivity index (χ1v) is 5.07. The van der Waals surface area contributed by atoms with Crippen LogP contribution in [-0.2, 0) is 11.2 Å². The number of carboxylic acids is 1. The van der Waals surface area contributed by atoms with Crippen LogP contribution in [0.15, 0.2) is 18.2 Å². The van der Waals surface area contributed by atoms with E-state index in [9.17, 15) is 13.6 Å². The second-order valence-corrected chi connectivity index (χ2v) is 3.69. The average Bonchev–Trinajstić information content (AvgIpc) is 2.16. The lowest BCUT2D eigenvalue weighted by Crippen LogP contribution is -2.19. The third-order valence-electron chi connectivity index (χ3n) is 2.62. The van der Waals surface area contributed by atoms with Gasteiger partial charge in [-0.15, -0.1) is 0 Å². The zero-order chi connectivity index (χ0) is 12.3. The highest BCUT2D eigenvalue weighted by molar-refractivity contribution is 5.76. The van der Waals surface area contributed by atoms with Crippen molar-refractivity contribution in [3.8, 4) is 0 Å². The standard InChI is InChI=1S/C12H14F2O2/c1-3-8-4-5-9(6-7(8)2)10(11(13)14)12(15)16/h4-6,10-11H,3H2,1-2H3,(H,15,16). The Balaban J connectivity index is 3.12. The van der Waals surface area contributed by atoms with Gasteiger partial charge in [-0.25, -0.2) is 8.78 Å². The van der Waals surface area contributed by atoms with Crippen molar-refractivity contribution < 1.29 is 18.7 Å². The van der Waals surface area contributed by atoms with Gasteiger partial charge in [-0.2, -0.15) is 0 Å². The van der Waals surface area contributed by atoms with Crippen molar-refractivity contribution in [2.75, 3.05) is 0 Å². The summed E-state index contributed by atoms with van der Waals surface area (Å²) in [4.78, 5) is 10.7. The summed E-state index contributed by atoms with van der Waals surface area (Å²) in [6.45, 7) is 3.76. The maximum atomic E-state index is 12.6. The first-order chi connectivity index (χ1) is 7.47. The number of alkyl halides is 2. The summed E-state index contributed by atoms with van der Waals surface area (Å²) < 4.78 is 25.1. The van der Waals surface area contributed by atoms with Crippen molar-refractivity contribution in [2.24, 2.45) is 0 Å². The quantitative estimate of drug-likeness (QED) is 0.860. The smallest absolute Gasteiger partial charge is 0.316 e. The van der Waals surface area contributed by atoms with E-state index in [4.69, 9.17) is 5.11 Å². The van der Waals surface area contributed by atoms with Crippen molar-refractivity contribution in [1.82, 2.24) is 0 Å². The molecule has 1 atom stereocenters. The third kappa shape index (κ3) is 2.56. The van der Waals surface area contributed by atoms with E-state index >= 15 is 0 Å². The van der Waals surface area contributed by atoms with Crippen molar-refractivity contribution in [3.63, 3.8) is 0 Å². The van der Waals surface area contributed by atoms with E-state index in [0.29, 0.717) is 0 Å². The molecule has 0 fully saturated rings. The zero-order valence-corrected chi connectivity index (χ0v) is 9.21. The van der Waals surface area contributed by atoms with Crippen LogP contribution < -0.4 is 0 Å². The molecular formula is C12H14F2O2. The topological polar surface area (TPSA) is 37.3 Å². The fourth-order valence-electron chi connectivity index (χ4n) is 1.71. The summed E-state index contributed by atoms with van der Waals surface area (Å²) in [5, 5.41) is 8.73. The van der Waals surface area contributed by atoms with E-state index < -0.39 is 18.3 Å². The van der Waals surface area contributed by atoms with E-state index in [0.717, 1.165) is 17.5 Å². The van der Waals surface area contributed by atoms with Crippen molar-refractivity contribution in [2.45, 2.75) is 32.6 Å². The van der Waals surface area contributed by atoms with Crippen molar-refractivity contribution in [3.05, 3.63) is 34.9 Å².